The lowest BCUT2D eigenvalue weighted by Crippen LogP contribution is -2.52. The monoisotopic (exact) mass is 421 g/mol. The number of halogens is 1. The lowest BCUT2D eigenvalue weighted by Gasteiger charge is -2.37. The summed E-state index contributed by atoms with van der Waals surface area (Å²) in [6.45, 7) is 8.09. The van der Waals surface area contributed by atoms with Crippen LogP contribution in [0.15, 0.2) is 53.7 Å². The molecule has 3 aromatic rings. The van der Waals surface area contributed by atoms with Crippen LogP contribution in [-0.4, -0.2) is 58.9 Å². The zero-order valence-corrected chi connectivity index (χ0v) is 18.2. The first kappa shape index (κ1) is 20.8. The fraction of sp³-hybridized carbons (Fsp3) is 0.348. The van der Waals surface area contributed by atoms with E-state index in [4.69, 9.17) is 0 Å². The molecule has 0 aliphatic carbocycles. The summed E-state index contributed by atoms with van der Waals surface area (Å²) < 4.78 is 15.0. The maximum Gasteiger partial charge on any atom is 0.194 e. The molecule has 1 aliphatic heterocycles. The van der Waals surface area contributed by atoms with E-state index >= 15 is 0 Å². The number of piperazine rings is 1. The van der Waals surface area contributed by atoms with E-state index in [0.29, 0.717) is 6.54 Å². The summed E-state index contributed by atoms with van der Waals surface area (Å²) in [5, 5.41) is 7.92. The Morgan fingerprint density at radius 1 is 1.06 bits per heavy atom. The van der Waals surface area contributed by atoms with Crippen LogP contribution in [0.2, 0.25) is 0 Å². The Hall–Kier alpha value is -3.42. The van der Waals surface area contributed by atoms with Gasteiger partial charge in [-0.05, 0) is 55.8 Å². The van der Waals surface area contributed by atoms with Crippen LogP contribution in [0, 0.1) is 19.7 Å². The van der Waals surface area contributed by atoms with Crippen molar-refractivity contribution in [1.82, 2.24) is 25.0 Å². The molecule has 0 saturated carbocycles. The van der Waals surface area contributed by atoms with Gasteiger partial charge in [-0.15, -0.1) is 0 Å². The van der Waals surface area contributed by atoms with Crippen LogP contribution in [0.1, 0.15) is 17.0 Å². The minimum absolute atomic E-state index is 0.204. The molecular formula is C23H28FN7. The van der Waals surface area contributed by atoms with E-state index in [9.17, 15) is 4.39 Å². The van der Waals surface area contributed by atoms with Gasteiger partial charge in [0, 0.05) is 57.3 Å². The van der Waals surface area contributed by atoms with Gasteiger partial charge in [-0.2, -0.15) is 5.10 Å². The molecule has 0 radical (unpaired) electrons. The Morgan fingerprint density at radius 2 is 1.81 bits per heavy atom. The van der Waals surface area contributed by atoms with Gasteiger partial charge in [-0.1, -0.05) is 6.07 Å². The van der Waals surface area contributed by atoms with Crippen molar-refractivity contribution in [3.63, 3.8) is 0 Å². The number of rotatable bonds is 4. The van der Waals surface area contributed by atoms with Gasteiger partial charge in [0.25, 0.3) is 0 Å². The number of anilines is 1. The van der Waals surface area contributed by atoms with Crippen molar-refractivity contribution in [2.75, 3.05) is 38.1 Å². The molecule has 0 amide bonds. The first-order valence-corrected chi connectivity index (χ1v) is 10.5. The molecule has 1 aromatic carbocycles. The summed E-state index contributed by atoms with van der Waals surface area (Å²) in [5.41, 5.74) is 4.18. The second-order valence-electron chi connectivity index (χ2n) is 7.71. The molecule has 8 heteroatoms. The summed E-state index contributed by atoms with van der Waals surface area (Å²) in [7, 11) is 1.80. The van der Waals surface area contributed by atoms with Crippen molar-refractivity contribution >= 4 is 11.6 Å². The Labute approximate surface area is 182 Å². The summed E-state index contributed by atoms with van der Waals surface area (Å²) in [5.74, 6) is 1.49. The number of guanidine groups is 1. The fourth-order valence-electron chi connectivity index (χ4n) is 3.85. The quantitative estimate of drug-likeness (QED) is 0.519. The molecule has 0 atom stereocenters. The highest BCUT2D eigenvalue weighted by Crippen LogP contribution is 2.17. The van der Waals surface area contributed by atoms with Gasteiger partial charge in [0.15, 0.2) is 11.8 Å². The maximum atomic E-state index is 13.2. The molecule has 1 aliphatic rings. The summed E-state index contributed by atoms with van der Waals surface area (Å²) in [6.07, 6.45) is 1.87. The fourth-order valence-corrected chi connectivity index (χ4v) is 3.85. The number of aryl methyl sites for hydroxylation is 2. The zero-order chi connectivity index (χ0) is 21.8. The number of hydrogen-bond donors (Lipinski definition) is 1. The van der Waals surface area contributed by atoms with Crippen LogP contribution in [0.3, 0.4) is 0 Å². The van der Waals surface area contributed by atoms with E-state index in [1.165, 1.54) is 12.1 Å². The molecule has 0 unspecified atom stereocenters. The minimum Gasteiger partial charge on any atom is -0.368 e. The van der Waals surface area contributed by atoms with Gasteiger partial charge in [0.05, 0.1) is 5.69 Å². The third-order valence-corrected chi connectivity index (χ3v) is 5.47. The molecule has 2 aromatic heterocycles. The second kappa shape index (κ2) is 9.16. The van der Waals surface area contributed by atoms with Crippen LogP contribution >= 0.6 is 0 Å². The Kier molecular flexibility index (Phi) is 6.16. The van der Waals surface area contributed by atoms with Crippen molar-refractivity contribution in [2.45, 2.75) is 20.4 Å². The van der Waals surface area contributed by atoms with E-state index in [0.717, 1.165) is 60.6 Å². The van der Waals surface area contributed by atoms with Crippen LogP contribution in [-0.2, 0) is 6.54 Å². The van der Waals surface area contributed by atoms with Crippen LogP contribution in [0.5, 0.6) is 0 Å². The lowest BCUT2D eigenvalue weighted by atomic mass is 10.2. The SMILES string of the molecule is CN=C(NCc1ccc(-n2nc(C)cc2C)nc1)N1CCN(c2ccc(F)cc2)CC1. The smallest absolute Gasteiger partial charge is 0.194 e. The third kappa shape index (κ3) is 4.84. The van der Waals surface area contributed by atoms with Gasteiger partial charge in [0.2, 0.25) is 0 Å². The molecule has 1 fully saturated rings. The Balaban J connectivity index is 1.32. The molecule has 31 heavy (non-hydrogen) atoms. The summed E-state index contributed by atoms with van der Waals surface area (Å²) >= 11 is 0. The first-order valence-electron chi connectivity index (χ1n) is 10.5. The van der Waals surface area contributed by atoms with E-state index in [1.54, 1.807) is 7.05 Å². The molecule has 1 N–H and O–H groups in total. The highest BCUT2D eigenvalue weighted by Gasteiger charge is 2.19. The number of nitrogens with one attached hydrogen (secondary N) is 1. The Bertz CT molecular complexity index is 1030. The van der Waals surface area contributed by atoms with Crippen molar-refractivity contribution in [2.24, 2.45) is 4.99 Å². The number of benzene rings is 1. The average Bonchev–Trinajstić information content (AvgIpc) is 3.13. The highest BCUT2D eigenvalue weighted by molar-refractivity contribution is 5.80. The van der Waals surface area contributed by atoms with E-state index in [1.807, 2.05) is 49.0 Å². The van der Waals surface area contributed by atoms with Crippen LogP contribution in [0.25, 0.3) is 5.82 Å². The van der Waals surface area contributed by atoms with Crippen molar-refractivity contribution < 1.29 is 4.39 Å². The molecule has 3 heterocycles. The topological polar surface area (TPSA) is 61.6 Å². The predicted molar refractivity (Wildman–Crippen MR) is 121 cm³/mol. The van der Waals surface area contributed by atoms with Crippen molar-refractivity contribution in [3.8, 4) is 5.82 Å². The number of aliphatic imine (C=N–C) groups is 1. The van der Waals surface area contributed by atoms with Gasteiger partial charge >= 0.3 is 0 Å². The van der Waals surface area contributed by atoms with Gasteiger partial charge in [-0.25, -0.2) is 14.1 Å². The average molecular weight is 422 g/mol. The van der Waals surface area contributed by atoms with Gasteiger partial charge < -0.3 is 15.1 Å². The van der Waals surface area contributed by atoms with Gasteiger partial charge in [-0.3, -0.25) is 4.99 Å². The van der Waals surface area contributed by atoms with E-state index in [2.05, 4.69) is 36.3 Å². The maximum absolute atomic E-state index is 13.2. The zero-order valence-electron chi connectivity index (χ0n) is 18.2. The molecule has 0 bridgehead atoms. The molecule has 0 spiro atoms. The first-order chi connectivity index (χ1) is 15.0. The summed E-state index contributed by atoms with van der Waals surface area (Å²) in [6, 6.07) is 12.8. The second-order valence-corrected chi connectivity index (χ2v) is 7.71. The van der Waals surface area contributed by atoms with Crippen LogP contribution < -0.4 is 10.2 Å². The Morgan fingerprint density at radius 3 is 2.39 bits per heavy atom. The minimum atomic E-state index is -0.204. The normalized spacial score (nSPS) is 14.8. The van der Waals surface area contributed by atoms with Crippen molar-refractivity contribution in [3.05, 3.63) is 71.4 Å². The predicted octanol–water partition coefficient (Wildman–Crippen LogP) is 2.92. The molecule has 4 rings (SSSR count). The molecule has 162 valence electrons. The molecular weight excluding hydrogens is 393 g/mol. The largest absolute Gasteiger partial charge is 0.368 e. The molecule has 1 saturated heterocycles. The van der Waals surface area contributed by atoms with E-state index in [-0.39, 0.29) is 5.82 Å². The lowest BCUT2D eigenvalue weighted by molar-refractivity contribution is 0.372. The number of pyridine rings is 1. The number of hydrogen-bond acceptors (Lipinski definition) is 4. The van der Waals surface area contributed by atoms with Crippen molar-refractivity contribution in [1.29, 1.82) is 0 Å². The standard InChI is InChI=1S/C23H28FN7/c1-17-14-18(2)31(28-17)22-9-4-19(15-26-22)16-27-23(25-3)30-12-10-29(11-13-30)21-7-5-20(24)6-8-21/h4-9,14-15H,10-13,16H2,1-3H3,(H,25,27). The summed E-state index contributed by atoms with van der Waals surface area (Å²) in [4.78, 5) is 13.5. The highest BCUT2D eigenvalue weighted by atomic mass is 19.1. The number of nitrogens with zero attached hydrogens (tertiary/aromatic N) is 6. The third-order valence-electron chi connectivity index (χ3n) is 5.47. The van der Waals surface area contributed by atoms with E-state index < -0.39 is 0 Å². The molecule has 7 nitrogen and oxygen atoms in total. The number of aromatic nitrogens is 3. The van der Waals surface area contributed by atoms with Crippen LogP contribution in [0.4, 0.5) is 10.1 Å². The van der Waals surface area contributed by atoms with Gasteiger partial charge in [0.1, 0.15) is 5.82 Å².